The highest BCUT2D eigenvalue weighted by Gasteiger charge is 2.42. The summed E-state index contributed by atoms with van der Waals surface area (Å²) in [5.41, 5.74) is 9.06. The summed E-state index contributed by atoms with van der Waals surface area (Å²) in [6.45, 7) is 10.4. The Balaban J connectivity index is 3.42. The van der Waals surface area contributed by atoms with Crippen LogP contribution in [-0.4, -0.2) is 51.9 Å². The zero-order chi connectivity index (χ0) is 22.4. The van der Waals surface area contributed by atoms with Gasteiger partial charge in [0.05, 0.1) is 27.4 Å². The van der Waals surface area contributed by atoms with Gasteiger partial charge in [-0.15, -0.1) is 0 Å². The third-order valence-electron chi connectivity index (χ3n) is 5.14. The predicted octanol–water partition coefficient (Wildman–Crippen LogP) is 3.57. The lowest BCUT2D eigenvalue weighted by Gasteiger charge is -2.39. The number of Topliss-reactive ketones (excluding diaryl/α,β-unsaturated/α-hetero) is 1. The fourth-order valence-electron chi connectivity index (χ4n) is 2.40. The molecule has 0 N–H and O–H groups in total. The first-order chi connectivity index (χ1) is 13.4. The summed E-state index contributed by atoms with van der Waals surface area (Å²) in [7, 11) is 1.85. The van der Waals surface area contributed by atoms with Crippen LogP contribution in [0.4, 0.5) is 0 Å². The second-order valence-electron chi connectivity index (χ2n) is 8.04. The van der Waals surface area contributed by atoms with E-state index < -0.39 is 31.9 Å². The van der Waals surface area contributed by atoms with Gasteiger partial charge in [0.15, 0.2) is 8.32 Å². The average molecular weight is 423 g/mol. The Labute approximate surface area is 172 Å². The van der Waals surface area contributed by atoms with E-state index in [1.807, 2.05) is 0 Å². The fourth-order valence-corrected chi connectivity index (χ4v) is 3.68. The van der Waals surface area contributed by atoms with Gasteiger partial charge in [-0.05, 0) is 30.3 Å². The van der Waals surface area contributed by atoms with E-state index in [0.29, 0.717) is 17.1 Å². The highest BCUT2D eigenvalue weighted by Crippen LogP contribution is 2.42. The van der Waals surface area contributed by atoms with Crippen molar-refractivity contribution >= 4 is 25.8 Å². The molecule has 0 aromatic heterocycles. The van der Waals surface area contributed by atoms with Crippen molar-refractivity contribution in [2.24, 2.45) is 0 Å². The van der Waals surface area contributed by atoms with Crippen LogP contribution in [0.5, 0.6) is 11.5 Å². The third kappa shape index (κ3) is 6.00. The number of hydrogen-bond acceptors (Lipinski definition) is 6. The molecule has 0 aliphatic heterocycles. The Morgan fingerprint density at radius 1 is 1.14 bits per heavy atom. The van der Waals surface area contributed by atoms with Crippen molar-refractivity contribution in [2.45, 2.75) is 51.4 Å². The van der Waals surface area contributed by atoms with Crippen molar-refractivity contribution in [3.63, 3.8) is 0 Å². The summed E-state index contributed by atoms with van der Waals surface area (Å²) in [5.74, 6) is -0.622. The molecule has 1 atom stereocenters. The molecule has 1 aromatic carbocycles. The number of benzene rings is 1. The van der Waals surface area contributed by atoms with E-state index in [-0.39, 0.29) is 11.5 Å². The molecule has 0 spiro atoms. The molecular weight excluding hydrogens is 392 g/mol. The molecule has 160 valence electrons. The van der Waals surface area contributed by atoms with Gasteiger partial charge in [-0.25, -0.2) is 4.79 Å². The number of methoxy groups -OCH3 is 3. The number of ketones is 1. The van der Waals surface area contributed by atoms with Crippen LogP contribution in [0.3, 0.4) is 0 Å². The summed E-state index contributed by atoms with van der Waals surface area (Å²) in [5, 5.41) is -0.121. The number of ether oxygens (including phenoxy) is 3. The van der Waals surface area contributed by atoms with E-state index in [1.165, 1.54) is 7.11 Å². The van der Waals surface area contributed by atoms with Gasteiger partial charge in [0.25, 0.3) is 5.78 Å². The quantitative estimate of drug-likeness (QED) is 0.150. The highest BCUT2D eigenvalue weighted by atomic mass is 28.4. The van der Waals surface area contributed by atoms with Crippen LogP contribution < -0.4 is 9.47 Å². The molecule has 0 aliphatic rings. The van der Waals surface area contributed by atoms with Gasteiger partial charge in [-0.2, -0.15) is 4.79 Å². The lowest BCUT2D eigenvalue weighted by Crippen LogP contribution is -2.42. The van der Waals surface area contributed by atoms with Gasteiger partial charge in [0.1, 0.15) is 11.5 Å². The van der Waals surface area contributed by atoms with Gasteiger partial charge in [-0.1, -0.05) is 20.8 Å². The Hall–Kier alpha value is -2.48. The Bertz CT molecular complexity index is 810. The van der Waals surface area contributed by atoms with E-state index in [0.717, 1.165) is 7.11 Å². The van der Waals surface area contributed by atoms with Crippen molar-refractivity contribution in [1.29, 1.82) is 0 Å². The summed E-state index contributed by atoms with van der Waals surface area (Å²) < 4.78 is 21.7. The summed E-state index contributed by atoms with van der Waals surface area (Å²) in [6, 6.07) is 5.20. The second-order valence-corrected chi connectivity index (χ2v) is 12.8. The van der Waals surface area contributed by atoms with Crippen LogP contribution in [0.2, 0.25) is 18.1 Å². The zero-order valence-electron chi connectivity index (χ0n) is 18.4. The summed E-state index contributed by atoms with van der Waals surface area (Å²) in [6.07, 6.45) is -0.936. The SMILES string of the molecule is COC(=O)C(=[N+]=[N-])C(=O)CC(O[Si](C)(C)C(C)(C)C)c1ccc(OC)cc1OC. The van der Waals surface area contributed by atoms with Gasteiger partial charge in [0, 0.05) is 18.1 Å². The normalized spacial score (nSPS) is 12.6. The molecule has 0 saturated heterocycles. The van der Waals surface area contributed by atoms with Gasteiger partial charge in [-0.3, -0.25) is 4.79 Å². The molecule has 8 nitrogen and oxygen atoms in total. The molecule has 29 heavy (non-hydrogen) atoms. The lowest BCUT2D eigenvalue weighted by atomic mass is 10.0. The number of hydrogen-bond donors (Lipinski definition) is 0. The molecule has 1 aromatic rings. The monoisotopic (exact) mass is 422 g/mol. The molecule has 1 rings (SSSR count). The number of rotatable bonds is 9. The molecule has 0 heterocycles. The first-order valence-electron chi connectivity index (χ1n) is 9.15. The van der Waals surface area contributed by atoms with Crippen LogP contribution in [0, 0.1) is 0 Å². The van der Waals surface area contributed by atoms with Crippen LogP contribution in [0.15, 0.2) is 18.2 Å². The lowest BCUT2D eigenvalue weighted by molar-refractivity contribution is -0.139. The van der Waals surface area contributed by atoms with Crippen molar-refractivity contribution in [3.8, 4) is 11.5 Å². The molecule has 0 bridgehead atoms. The second kappa shape index (κ2) is 9.82. The first-order valence-corrected chi connectivity index (χ1v) is 12.1. The smallest absolute Gasteiger partial charge is 0.441 e. The Morgan fingerprint density at radius 3 is 2.21 bits per heavy atom. The van der Waals surface area contributed by atoms with E-state index in [9.17, 15) is 9.59 Å². The molecule has 0 aliphatic carbocycles. The van der Waals surface area contributed by atoms with Gasteiger partial charge >= 0.3 is 11.7 Å². The van der Waals surface area contributed by atoms with Crippen LogP contribution in [0.25, 0.3) is 5.53 Å². The molecular formula is C20H30N2O6Si. The number of esters is 1. The van der Waals surface area contributed by atoms with Gasteiger partial charge in [0.2, 0.25) is 0 Å². The number of carbonyl (C=O) groups excluding carboxylic acids is 2. The van der Waals surface area contributed by atoms with E-state index in [2.05, 4.69) is 43.4 Å². The Kier molecular flexibility index (Phi) is 8.32. The summed E-state index contributed by atoms with van der Waals surface area (Å²) >= 11 is 0. The van der Waals surface area contributed by atoms with Crippen molar-refractivity contribution in [3.05, 3.63) is 29.3 Å². The molecule has 1 unspecified atom stereocenters. The van der Waals surface area contributed by atoms with Crippen LogP contribution in [-0.2, 0) is 18.8 Å². The molecule has 9 heteroatoms. The first kappa shape index (κ1) is 24.6. The molecule has 0 saturated carbocycles. The standard InChI is InChI=1S/C20H30N2O6Si/c1-20(2,3)29(7,8)28-17(12-15(23)18(22-21)19(24)27-6)14-10-9-13(25-4)11-16(14)26-5/h9-11,17H,12H2,1-8H3. The minimum Gasteiger partial charge on any atom is -0.497 e. The van der Waals surface area contributed by atoms with Crippen molar-refractivity contribution < 1.29 is 33.0 Å². The van der Waals surface area contributed by atoms with Crippen LogP contribution in [0.1, 0.15) is 38.9 Å². The third-order valence-corrected chi connectivity index (χ3v) is 9.63. The Morgan fingerprint density at radius 2 is 1.76 bits per heavy atom. The fraction of sp³-hybridized carbons (Fsp3) is 0.550. The minimum atomic E-state index is -2.31. The minimum absolute atomic E-state index is 0.121. The number of carbonyl (C=O) groups is 2. The maximum Gasteiger partial charge on any atom is 0.441 e. The molecule has 0 amide bonds. The van der Waals surface area contributed by atoms with E-state index in [1.54, 1.807) is 25.3 Å². The van der Waals surface area contributed by atoms with Crippen molar-refractivity contribution in [2.75, 3.05) is 21.3 Å². The largest absolute Gasteiger partial charge is 0.497 e. The van der Waals surface area contributed by atoms with Gasteiger partial charge < -0.3 is 24.2 Å². The average Bonchev–Trinajstić information content (AvgIpc) is 2.66. The maximum atomic E-state index is 12.7. The van der Waals surface area contributed by atoms with Crippen molar-refractivity contribution in [1.82, 2.24) is 0 Å². The number of nitrogens with zero attached hydrogens (tertiary/aromatic N) is 2. The highest BCUT2D eigenvalue weighted by molar-refractivity contribution is 6.74. The topological polar surface area (TPSA) is 107 Å². The van der Waals surface area contributed by atoms with E-state index in [4.69, 9.17) is 19.4 Å². The zero-order valence-corrected chi connectivity index (χ0v) is 19.4. The predicted molar refractivity (Wildman–Crippen MR) is 111 cm³/mol. The maximum absolute atomic E-state index is 12.7. The van der Waals surface area contributed by atoms with E-state index >= 15 is 0 Å². The summed E-state index contributed by atoms with van der Waals surface area (Å²) in [4.78, 5) is 27.3. The molecule has 0 fully saturated rings. The van der Waals surface area contributed by atoms with Crippen LogP contribution >= 0.6 is 0 Å². The molecule has 0 radical (unpaired) electrons.